The summed E-state index contributed by atoms with van der Waals surface area (Å²) in [5, 5.41) is 22.4. The number of rotatable bonds is 16. The highest BCUT2D eigenvalue weighted by Gasteiger charge is 2.33. The maximum absolute atomic E-state index is 15.0. The summed E-state index contributed by atoms with van der Waals surface area (Å²) in [4.78, 5) is 49.5. The van der Waals surface area contributed by atoms with Crippen LogP contribution in [0.25, 0.3) is 21.8 Å². The Morgan fingerprint density at radius 1 is 0.655 bits per heavy atom. The third kappa shape index (κ3) is 15.1. The number of ether oxygens (including phenoxy) is 3. The van der Waals surface area contributed by atoms with Crippen molar-refractivity contribution in [2.24, 2.45) is 11.8 Å². The molecule has 0 unspecified atom stereocenters. The molecular formula is C59H69ClF2N10O10S2. The molecule has 84 heavy (non-hydrogen) atoms. The number of aryl methyl sites for hydroxylation is 2. The number of fused-ring (bicyclic) bond motifs is 2. The summed E-state index contributed by atoms with van der Waals surface area (Å²) in [6, 6.07) is 17.4. The van der Waals surface area contributed by atoms with Gasteiger partial charge >= 0.3 is 6.09 Å². The average Bonchev–Trinajstić information content (AvgIpc) is 3.22. The van der Waals surface area contributed by atoms with Gasteiger partial charge in [0.25, 0.3) is 11.1 Å². The highest BCUT2D eigenvalue weighted by Crippen LogP contribution is 2.38. The number of piperidine rings is 2. The Kier molecular flexibility index (Phi) is 20.2. The number of carbonyl (C=O) groups excluding carboxylic acids is 1. The lowest BCUT2D eigenvalue weighted by molar-refractivity contribution is 0.0179. The summed E-state index contributed by atoms with van der Waals surface area (Å²) >= 11 is 0. The van der Waals surface area contributed by atoms with Crippen LogP contribution in [0.15, 0.2) is 82.9 Å². The number of likely N-dealkylation sites (tertiary alicyclic amines) is 1. The number of hydrogen-bond acceptors (Lipinski definition) is 15. The Balaban J connectivity index is 0.000000219. The van der Waals surface area contributed by atoms with E-state index in [1.807, 2.05) is 32.9 Å². The summed E-state index contributed by atoms with van der Waals surface area (Å²) in [7, 11) is -7.50. The minimum atomic E-state index is -3.77. The molecule has 4 aliphatic rings. The number of nitrogens with zero attached hydrogens (tertiary/aromatic N) is 7. The van der Waals surface area contributed by atoms with Crippen LogP contribution in [0, 0.1) is 46.1 Å². The van der Waals surface area contributed by atoms with E-state index in [4.69, 9.17) is 14.2 Å². The van der Waals surface area contributed by atoms with E-state index in [2.05, 4.69) is 24.7 Å². The topological polar surface area (TPSA) is 270 Å². The van der Waals surface area contributed by atoms with Crippen molar-refractivity contribution < 1.29 is 44.6 Å². The molecule has 6 aromatic rings. The second kappa shape index (κ2) is 27.1. The first-order valence-electron chi connectivity index (χ1n) is 28.2. The third-order valence-corrected chi connectivity index (χ3v) is 19.4. The lowest BCUT2D eigenvalue weighted by Gasteiger charge is -2.33. The van der Waals surface area contributed by atoms with E-state index in [0.717, 1.165) is 89.4 Å². The Bertz CT molecular complexity index is 3820. The predicted molar refractivity (Wildman–Crippen MR) is 317 cm³/mol. The van der Waals surface area contributed by atoms with E-state index in [0.29, 0.717) is 80.1 Å². The summed E-state index contributed by atoms with van der Waals surface area (Å²) in [6.07, 6.45) is 13.5. The fourth-order valence-corrected chi connectivity index (χ4v) is 14.3. The molecule has 0 spiro atoms. The molecule has 2 aliphatic carbocycles. The molecule has 2 aliphatic heterocycles. The number of nitrogens with one attached hydrogen (secondary N) is 3. The molecule has 0 atom stereocenters. The fraction of sp³-hybridized carbons (Fsp3) is 0.475. The smallest absolute Gasteiger partial charge is 0.410 e. The monoisotopic (exact) mass is 1210 g/mol. The van der Waals surface area contributed by atoms with Crippen LogP contribution in [0.1, 0.15) is 122 Å². The maximum Gasteiger partial charge on any atom is 0.410 e. The minimum absolute atomic E-state index is 0. The first-order chi connectivity index (χ1) is 39.7. The highest BCUT2D eigenvalue weighted by atomic mass is 35.5. The van der Waals surface area contributed by atoms with Gasteiger partial charge in [-0.25, -0.2) is 40.4 Å². The molecular weight excluding hydrogens is 1150 g/mol. The van der Waals surface area contributed by atoms with E-state index < -0.39 is 59.3 Å². The molecule has 3 N–H and O–H groups in total. The van der Waals surface area contributed by atoms with Gasteiger partial charge in [0.1, 0.15) is 40.4 Å². The number of anilines is 2. The SMILES string of the molecule is CC(C)(C)OC(=O)N1CCC(CCn2cnc3ccc(Oc4c(F)ccc(NS(=O)(=O)C5CCCC5)c4C#N)cc3c2=O)CC1.Cl.N#Cc1c(NS(=O)(=O)C2CCCC2)ccc(F)c1Oc1ccc2ncn(CCC3CCNCC3)c(=O)c2c1. The van der Waals surface area contributed by atoms with Gasteiger partial charge in [-0.15, -0.1) is 12.4 Å². The Morgan fingerprint density at radius 2 is 1.07 bits per heavy atom. The third-order valence-electron chi connectivity index (χ3n) is 15.7. The minimum Gasteiger partial charge on any atom is -0.453 e. The average molecular weight is 1220 g/mol. The molecule has 20 nitrogen and oxygen atoms in total. The normalized spacial score (nSPS) is 16.5. The Hall–Kier alpha value is -7.38. The van der Waals surface area contributed by atoms with Gasteiger partial charge in [0.2, 0.25) is 20.0 Å². The van der Waals surface area contributed by atoms with Crippen LogP contribution in [-0.4, -0.2) is 89.2 Å². The van der Waals surface area contributed by atoms with Gasteiger partial charge in [-0.3, -0.25) is 28.2 Å². The molecule has 448 valence electrons. The van der Waals surface area contributed by atoms with Crippen molar-refractivity contribution in [1.29, 1.82) is 10.5 Å². The van der Waals surface area contributed by atoms with Crippen LogP contribution in [-0.2, 0) is 37.9 Å². The van der Waals surface area contributed by atoms with Crippen LogP contribution in [0.2, 0.25) is 0 Å². The van der Waals surface area contributed by atoms with Crippen molar-refractivity contribution in [3.05, 3.63) is 117 Å². The maximum atomic E-state index is 15.0. The molecule has 2 saturated heterocycles. The van der Waals surface area contributed by atoms with Crippen LogP contribution < -0.4 is 35.4 Å². The van der Waals surface area contributed by atoms with Crippen molar-refractivity contribution in [1.82, 2.24) is 29.3 Å². The first-order valence-corrected chi connectivity index (χ1v) is 31.3. The lowest BCUT2D eigenvalue weighted by Crippen LogP contribution is -2.41. The zero-order chi connectivity index (χ0) is 59.1. The number of nitriles is 2. The van der Waals surface area contributed by atoms with Crippen LogP contribution >= 0.6 is 12.4 Å². The van der Waals surface area contributed by atoms with Gasteiger partial charge in [0.15, 0.2) is 23.1 Å². The van der Waals surface area contributed by atoms with Crippen LogP contribution in [0.5, 0.6) is 23.0 Å². The zero-order valence-electron chi connectivity index (χ0n) is 47.1. The lowest BCUT2D eigenvalue weighted by atomic mass is 9.94. The molecule has 2 saturated carbocycles. The molecule has 4 heterocycles. The van der Waals surface area contributed by atoms with Crippen LogP contribution in [0.3, 0.4) is 0 Å². The van der Waals surface area contributed by atoms with Gasteiger partial charge in [-0.1, -0.05) is 25.7 Å². The van der Waals surface area contributed by atoms with Crippen molar-refractivity contribution in [3.8, 4) is 35.1 Å². The second-order valence-corrected chi connectivity index (χ2v) is 26.6. The predicted octanol–water partition coefficient (Wildman–Crippen LogP) is 10.6. The molecule has 0 bridgehead atoms. The summed E-state index contributed by atoms with van der Waals surface area (Å²) in [5.41, 5.74) is -0.845. The molecule has 25 heteroatoms. The number of benzene rings is 4. The van der Waals surface area contributed by atoms with Crippen molar-refractivity contribution in [2.75, 3.05) is 35.6 Å². The zero-order valence-corrected chi connectivity index (χ0v) is 49.5. The van der Waals surface area contributed by atoms with Gasteiger partial charge in [0, 0.05) is 26.2 Å². The summed E-state index contributed by atoms with van der Waals surface area (Å²) < 4.78 is 106. The van der Waals surface area contributed by atoms with E-state index in [1.165, 1.54) is 47.3 Å². The molecule has 4 fully saturated rings. The van der Waals surface area contributed by atoms with Gasteiger partial charge in [0.05, 0.1) is 56.3 Å². The molecule has 1 amide bonds. The molecule has 10 rings (SSSR count). The molecule has 4 aromatic carbocycles. The number of hydrogen-bond donors (Lipinski definition) is 3. The second-order valence-electron chi connectivity index (χ2n) is 22.7. The summed E-state index contributed by atoms with van der Waals surface area (Å²) in [6.45, 7) is 9.66. The molecule has 0 radical (unpaired) electrons. The standard InChI is InChI=1S/C32H38FN5O6S.C27H30FN5O4S.ClH/c1-32(2,3)44-31(40)37-15-12-21(13-16-37)14-17-38-20-35-27-10-8-22(18-24(27)30(38)39)43-29-25(19-34)28(11-9-26(29)33)36-45(41,42)23-6-4-5-7-23;28-23-6-8-25(32-38(35,36)20-3-1-2-4-20)22(16-29)26(23)37-19-5-7-24-21(15-19)27(34)33(17-31-24)14-11-18-9-12-30-13-10-18;/h8-11,18,20-21,23,36H,4-7,12-17H2,1-3H3;5-8,15,17-18,20,30,32H,1-4,9-14H2;1H. The fourth-order valence-electron chi connectivity index (χ4n) is 11.1. The molecule has 2 aromatic heterocycles. The first kappa shape index (κ1) is 62.7. The van der Waals surface area contributed by atoms with Gasteiger partial charge < -0.3 is 24.4 Å². The van der Waals surface area contributed by atoms with E-state index in [1.54, 1.807) is 27.9 Å². The van der Waals surface area contributed by atoms with E-state index >= 15 is 0 Å². The van der Waals surface area contributed by atoms with Crippen molar-refractivity contribution in [3.63, 3.8) is 0 Å². The largest absolute Gasteiger partial charge is 0.453 e. The number of sulfonamides is 2. The van der Waals surface area contributed by atoms with Gasteiger partial charge in [-0.2, -0.15) is 10.5 Å². The van der Waals surface area contributed by atoms with Gasteiger partial charge in [-0.05, 0) is 171 Å². The Morgan fingerprint density at radius 3 is 1.48 bits per heavy atom. The van der Waals surface area contributed by atoms with E-state index in [-0.39, 0.29) is 69.0 Å². The number of amides is 1. The van der Waals surface area contributed by atoms with E-state index in [9.17, 15) is 50.5 Å². The summed E-state index contributed by atoms with van der Waals surface area (Å²) in [5.74, 6) is -1.41. The van der Waals surface area contributed by atoms with Crippen molar-refractivity contribution >= 4 is 71.7 Å². The Labute approximate surface area is 493 Å². The number of halogens is 3. The highest BCUT2D eigenvalue weighted by molar-refractivity contribution is 7.93. The van der Waals surface area contributed by atoms with Crippen molar-refractivity contribution in [2.45, 2.75) is 140 Å². The number of carbonyl (C=O) groups is 1. The van der Waals surface area contributed by atoms with Crippen LogP contribution in [0.4, 0.5) is 25.0 Å². The quantitative estimate of drug-likeness (QED) is 0.0813. The number of aromatic nitrogens is 4.